The van der Waals surface area contributed by atoms with E-state index < -0.39 is 6.03 Å². The Morgan fingerprint density at radius 1 is 1.25 bits per heavy atom. The van der Waals surface area contributed by atoms with Gasteiger partial charge in [-0.2, -0.15) is 5.26 Å². The zero-order valence-electron chi connectivity index (χ0n) is 17.9. The molecule has 0 aromatic carbocycles. The van der Waals surface area contributed by atoms with Gasteiger partial charge in [0.2, 0.25) is 5.91 Å². The number of fused-ring (bicyclic) bond motifs is 1. The molecule has 2 aliphatic heterocycles. The van der Waals surface area contributed by atoms with Crippen molar-refractivity contribution in [2.24, 2.45) is 0 Å². The molecule has 0 radical (unpaired) electrons. The maximum atomic E-state index is 13.0. The highest BCUT2D eigenvalue weighted by Gasteiger charge is 2.28. The predicted octanol–water partition coefficient (Wildman–Crippen LogP) is 2.83. The van der Waals surface area contributed by atoms with Crippen LogP contribution in [0.5, 0.6) is 0 Å². The van der Waals surface area contributed by atoms with Crippen LogP contribution in [0, 0.1) is 11.3 Å². The van der Waals surface area contributed by atoms with Gasteiger partial charge in [-0.05, 0) is 48.9 Å². The molecule has 1 N–H and O–H groups in total. The standard InChI is InChI=1S/C23H24N6O3/c1-2-15-10-20(25-12-18(15)11-24)27-23(32)29-8-3-5-16-9-17(19(14-30)26-22(16)29)13-28-7-4-6-21(28)31/h9-10,12,14H,2-8,13H2,1H3,(H,25,27,32). The molecule has 1 fully saturated rings. The number of pyridine rings is 2. The van der Waals surface area contributed by atoms with Crippen LogP contribution in [-0.4, -0.2) is 46.2 Å². The van der Waals surface area contributed by atoms with E-state index in [4.69, 9.17) is 5.26 Å². The zero-order valence-corrected chi connectivity index (χ0v) is 17.9. The molecule has 164 valence electrons. The Kier molecular flexibility index (Phi) is 6.12. The normalized spacial score (nSPS) is 15.3. The Hall–Kier alpha value is -3.80. The van der Waals surface area contributed by atoms with Crippen molar-refractivity contribution in [2.45, 2.75) is 45.6 Å². The fraction of sp³-hybridized carbons (Fsp3) is 0.391. The Morgan fingerprint density at radius 3 is 2.75 bits per heavy atom. The summed E-state index contributed by atoms with van der Waals surface area (Å²) in [6.07, 6.45) is 5.63. The van der Waals surface area contributed by atoms with Crippen molar-refractivity contribution in [2.75, 3.05) is 23.3 Å². The first-order chi connectivity index (χ1) is 15.5. The SMILES string of the molecule is CCc1cc(NC(=O)N2CCCc3cc(CN4CCCC4=O)c(C=O)nc32)ncc1C#N. The number of nitrogens with one attached hydrogen (secondary N) is 1. The number of amides is 3. The van der Waals surface area contributed by atoms with Gasteiger partial charge >= 0.3 is 6.03 Å². The number of aromatic nitrogens is 2. The molecule has 4 heterocycles. The van der Waals surface area contributed by atoms with Gasteiger partial charge < -0.3 is 4.90 Å². The number of nitriles is 1. The number of hydrogen-bond donors (Lipinski definition) is 1. The molecule has 9 nitrogen and oxygen atoms in total. The lowest BCUT2D eigenvalue weighted by Crippen LogP contribution is -2.40. The van der Waals surface area contributed by atoms with Crippen LogP contribution in [0.1, 0.15) is 58.9 Å². The largest absolute Gasteiger partial charge is 0.338 e. The van der Waals surface area contributed by atoms with Crippen molar-refractivity contribution >= 4 is 29.9 Å². The fourth-order valence-electron chi connectivity index (χ4n) is 4.20. The van der Waals surface area contributed by atoms with Gasteiger partial charge in [-0.1, -0.05) is 6.92 Å². The van der Waals surface area contributed by atoms with Crippen LogP contribution in [0.15, 0.2) is 18.3 Å². The van der Waals surface area contributed by atoms with E-state index in [1.807, 2.05) is 13.0 Å². The van der Waals surface area contributed by atoms with E-state index in [1.54, 1.807) is 11.0 Å². The van der Waals surface area contributed by atoms with Crippen LogP contribution >= 0.6 is 0 Å². The lowest BCUT2D eigenvalue weighted by molar-refractivity contribution is -0.128. The van der Waals surface area contributed by atoms with Gasteiger partial charge in [0.1, 0.15) is 23.4 Å². The quantitative estimate of drug-likeness (QED) is 0.726. The lowest BCUT2D eigenvalue weighted by Gasteiger charge is -2.29. The summed E-state index contributed by atoms with van der Waals surface area (Å²) in [6.45, 7) is 3.43. The Morgan fingerprint density at radius 2 is 2.06 bits per heavy atom. The predicted molar refractivity (Wildman–Crippen MR) is 117 cm³/mol. The van der Waals surface area contributed by atoms with Gasteiger partial charge in [0.05, 0.1) is 5.56 Å². The minimum Gasteiger partial charge on any atom is -0.338 e. The average molecular weight is 432 g/mol. The average Bonchev–Trinajstić information content (AvgIpc) is 3.22. The van der Waals surface area contributed by atoms with Gasteiger partial charge in [-0.3, -0.25) is 19.8 Å². The third-order valence-electron chi connectivity index (χ3n) is 5.89. The molecule has 0 bridgehead atoms. The smallest absolute Gasteiger partial charge is 0.328 e. The zero-order chi connectivity index (χ0) is 22.7. The lowest BCUT2D eigenvalue weighted by atomic mass is 10.0. The van der Waals surface area contributed by atoms with E-state index in [9.17, 15) is 14.4 Å². The second-order valence-electron chi connectivity index (χ2n) is 7.93. The van der Waals surface area contributed by atoms with Crippen LogP contribution in [0.3, 0.4) is 0 Å². The molecule has 32 heavy (non-hydrogen) atoms. The fourth-order valence-corrected chi connectivity index (χ4v) is 4.20. The van der Waals surface area contributed by atoms with Gasteiger partial charge in [-0.15, -0.1) is 0 Å². The van der Waals surface area contributed by atoms with E-state index in [-0.39, 0.29) is 11.6 Å². The van der Waals surface area contributed by atoms with E-state index in [2.05, 4.69) is 21.4 Å². The maximum Gasteiger partial charge on any atom is 0.328 e. The van der Waals surface area contributed by atoms with Gasteiger partial charge in [-0.25, -0.2) is 14.8 Å². The number of hydrogen-bond acceptors (Lipinski definition) is 6. The highest BCUT2D eigenvalue weighted by Crippen LogP contribution is 2.29. The second kappa shape index (κ2) is 9.14. The number of rotatable bonds is 5. The Bertz CT molecular complexity index is 1120. The van der Waals surface area contributed by atoms with Gasteiger partial charge in [0.25, 0.3) is 0 Å². The van der Waals surface area contributed by atoms with Crippen molar-refractivity contribution in [1.29, 1.82) is 5.26 Å². The molecule has 3 amide bonds. The summed E-state index contributed by atoms with van der Waals surface area (Å²) in [5.41, 5.74) is 3.11. The van der Waals surface area contributed by atoms with Crippen LogP contribution in [0.25, 0.3) is 0 Å². The van der Waals surface area contributed by atoms with Gasteiger partial charge in [0, 0.05) is 37.8 Å². The van der Waals surface area contributed by atoms with E-state index in [1.165, 1.54) is 11.1 Å². The molecule has 0 saturated carbocycles. The minimum atomic E-state index is -0.392. The third kappa shape index (κ3) is 4.17. The molecule has 0 atom stereocenters. The molecule has 1 saturated heterocycles. The minimum absolute atomic E-state index is 0.0851. The summed E-state index contributed by atoms with van der Waals surface area (Å²) >= 11 is 0. The number of aryl methyl sites for hydroxylation is 2. The van der Waals surface area contributed by atoms with Crippen molar-refractivity contribution in [1.82, 2.24) is 14.9 Å². The van der Waals surface area contributed by atoms with Crippen LogP contribution in [-0.2, 0) is 24.2 Å². The molecular weight excluding hydrogens is 408 g/mol. The number of carbonyl (C=O) groups is 3. The van der Waals surface area contributed by atoms with Crippen molar-refractivity contribution < 1.29 is 14.4 Å². The highest BCUT2D eigenvalue weighted by molar-refractivity contribution is 6.01. The monoisotopic (exact) mass is 432 g/mol. The number of urea groups is 1. The van der Waals surface area contributed by atoms with Crippen LogP contribution < -0.4 is 10.2 Å². The molecule has 9 heteroatoms. The first-order valence-corrected chi connectivity index (χ1v) is 10.8. The number of nitrogens with zero attached hydrogens (tertiary/aromatic N) is 5. The Balaban J connectivity index is 1.59. The number of anilines is 2. The third-order valence-corrected chi connectivity index (χ3v) is 5.89. The summed E-state index contributed by atoms with van der Waals surface area (Å²) < 4.78 is 0. The molecule has 2 aliphatic rings. The molecule has 0 spiro atoms. The summed E-state index contributed by atoms with van der Waals surface area (Å²) in [7, 11) is 0. The number of aldehydes is 1. The molecule has 2 aromatic rings. The molecule has 4 rings (SSSR count). The molecule has 0 unspecified atom stereocenters. The summed E-state index contributed by atoms with van der Waals surface area (Å²) in [6, 6.07) is 5.30. The number of carbonyl (C=O) groups excluding carboxylic acids is 3. The second-order valence-corrected chi connectivity index (χ2v) is 7.93. The number of likely N-dealkylation sites (tertiary alicyclic amines) is 1. The topological polar surface area (TPSA) is 119 Å². The first-order valence-electron chi connectivity index (χ1n) is 10.8. The summed E-state index contributed by atoms with van der Waals surface area (Å²) in [4.78, 5) is 48.7. The highest BCUT2D eigenvalue weighted by atomic mass is 16.2. The van der Waals surface area contributed by atoms with Crippen molar-refractivity contribution in [3.05, 3.63) is 46.3 Å². The Labute approximate surface area is 186 Å². The summed E-state index contributed by atoms with van der Waals surface area (Å²) in [5, 5.41) is 11.9. The first kappa shape index (κ1) is 21.4. The van der Waals surface area contributed by atoms with Crippen LogP contribution in [0.4, 0.5) is 16.4 Å². The molecule has 2 aromatic heterocycles. The van der Waals surface area contributed by atoms with Crippen LogP contribution in [0.2, 0.25) is 0 Å². The molecular formula is C23H24N6O3. The summed E-state index contributed by atoms with van der Waals surface area (Å²) in [5.74, 6) is 0.899. The van der Waals surface area contributed by atoms with E-state index in [0.29, 0.717) is 61.5 Å². The molecule has 0 aliphatic carbocycles. The van der Waals surface area contributed by atoms with Gasteiger partial charge in [0.15, 0.2) is 6.29 Å². The van der Waals surface area contributed by atoms with Crippen molar-refractivity contribution in [3.63, 3.8) is 0 Å². The van der Waals surface area contributed by atoms with E-state index >= 15 is 0 Å². The maximum absolute atomic E-state index is 13.0. The van der Waals surface area contributed by atoms with E-state index in [0.717, 1.165) is 30.4 Å². The van der Waals surface area contributed by atoms with Crippen molar-refractivity contribution in [3.8, 4) is 6.07 Å².